The fourth-order valence-corrected chi connectivity index (χ4v) is 1.40. The Morgan fingerprint density at radius 2 is 2.25 bits per heavy atom. The molecule has 0 unspecified atom stereocenters. The number of ether oxygens (including phenoxy) is 1. The largest absolute Gasteiger partial charge is 0.492 e. The number of hydrogen-bond donors (Lipinski definition) is 1. The van der Waals surface area contributed by atoms with Crippen LogP contribution in [0.1, 0.15) is 5.56 Å². The van der Waals surface area contributed by atoms with E-state index in [1.54, 1.807) is 0 Å². The highest BCUT2D eigenvalue weighted by atomic mass is 35.5. The van der Waals surface area contributed by atoms with Gasteiger partial charge in [-0.2, -0.15) is 0 Å². The van der Waals surface area contributed by atoms with Crippen molar-refractivity contribution in [3.63, 3.8) is 0 Å². The van der Waals surface area contributed by atoms with Crippen LogP contribution in [0.3, 0.4) is 0 Å². The molecule has 0 spiro atoms. The van der Waals surface area contributed by atoms with Gasteiger partial charge in [-0.3, -0.25) is 0 Å². The van der Waals surface area contributed by atoms with Crippen molar-refractivity contribution in [3.8, 4) is 5.75 Å². The second-order valence-corrected chi connectivity index (χ2v) is 3.80. The zero-order valence-corrected chi connectivity index (χ0v) is 10.3. The summed E-state index contributed by atoms with van der Waals surface area (Å²) in [5.74, 6) is 1.50. The molecule has 1 aromatic carbocycles. The van der Waals surface area contributed by atoms with Crippen LogP contribution in [0.25, 0.3) is 0 Å². The predicted molar refractivity (Wildman–Crippen MR) is 69.4 cm³/mol. The van der Waals surface area contributed by atoms with Crippen LogP contribution in [0.15, 0.2) is 36.4 Å². The highest BCUT2D eigenvalue weighted by molar-refractivity contribution is 6.18. The summed E-state index contributed by atoms with van der Waals surface area (Å²) in [4.78, 5) is 0. The minimum absolute atomic E-state index is 0.571. The lowest BCUT2D eigenvalue weighted by molar-refractivity contribution is 0.316. The Balaban J connectivity index is 2.09. The van der Waals surface area contributed by atoms with E-state index in [-0.39, 0.29) is 0 Å². The van der Waals surface area contributed by atoms with Crippen molar-refractivity contribution < 1.29 is 4.74 Å². The molecular formula is C13H18ClNO. The van der Waals surface area contributed by atoms with Gasteiger partial charge in [-0.25, -0.2) is 0 Å². The van der Waals surface area contributed by atoms with Crippen molar-refractivity contribution in [2.45, 2.75) is 6.92 Å². The van der Waals surface area contributed by atoms with E-state index in [2.05, 4.69) is 18.3 Å². The first-order valence-electron chi connectivity index (χ1n) is 5.44. The van der Waals surface area contributed by atoms with Crippen molar-refractivity contribution in [3.05, 3.63) is 42.0 Å². The smallest absolute Gasteiger partial charge is 0.119 e. The number of rotatable bonds is 7. The van der Waals surface area contributed by atoms with Gasteiger partial charge in [0, 0.05) is 19.0 Å². The first-order valence-corrected chi connectivity index (χ1v) is 5.97. The van der Waals surface area contributed by atoms with Gasteiger partial charge in [-0.1, -0.05) is 24.3 Å². The molecule has 0 aliphatic rings. The molecule has 0 atom stereocenters. The van der Waals surface area contributed by atoms with Crippen LogP contribution in [0, 0.1) is 6.92 Å². The van der Waals surface area contributed by atoms with E-state index < -0.39 is 0 Å². The molecule has 88 valence electrons. The van der Waals surface area contributed by atoms with Crippen molar-refractivity contribution in [2.75, 3.05) is 25.6 Å². The molecule has 0 bridgehead atoms. The standard InChI is InChI=1S/C13H18ClNO/c1-12-5-4-6-13(11-12)16-10-9-15-8-3-2-7-14/h2-6,11,15H,7-10H2,1H3/b3-2+. The summed E-state index contributed by atoms with van der Waals surface area (Å²) in [6.45, 7) is 4.41. The molecule has 0 aliphatic carbocycles. The highest BCUT2D eigenvalue weighted by Gasteiger charge is 1.92. The Hall–Kier alpha value is -0.990. The number of aryl methyl sites for hydroxylation is 1. The summed E-state index contributed by atoms with van der Waals surface area (Å²) in [6.07, 6.45) is 3.94. The SMILES string of the molecule is Cc1cccc(OCCNC/C=C/CCl)c1. The number of benzene rings is 1. The third-order valence-electron chi connectivity index (χ3n) is 2.06. The van der Waals surface area contributed by atoms with E-state index in [9.17, 15) is 0 Å². The van der Waals surface area contributed by atoms with Gasteiger partial charge in [0.15, 0.2) is 0 Å². The maximum absolute atomic E-state index is 5.58. The zero-order chi connectivity index (χ0) is 11.6. The Morgan fingerprint density at radius 3 is 3.00 bits per heavy atom. The Labute approximate surface area is 102 Å². The van der Waals surface area contributed by atoms with Gasteiger partial charge < -0.3 is 10.1 Å². The van der Waals surface area contributed by atoms with Gasteiger partial charge in [0.2, 0.25) is 0 Å². The number of halogens is 1. The molecule has 0 radical (unpaired) electrons. The lowest BCUT2D eigenvalue weighted by atomic mass is 10.2. The molecule has 3 heteroatoms. The molecule has 0 amide bonds. The zero-order valence-electron chi connectivity index (χ0n) is 9.58. The summed E-state index contributed by atoms with van der Waals surface area (Å²) in [7, 11) is 0. The normalized spacial score (nSPS) is 10.9. The summed E-state index contributed by atoms with van der Waals surface area (Å²) in [5, 5.41) is 3.23. The molecule has 0 aliphatic heterocycles. The predicted octanol–water partition coefficient (Wildman–Crippen LogP) is 2.76. The van der Waals surface area contributed by atoms with Gasteiger partial charge in [0.1, 0.15) is 12.4 Å². The van der Waals surface area contributed by atoms with Crippen LogP contribution in [0.2, 0.25) is 0 Å². The minimum Gasteiger partial charge on any atom is -0.492 e. The second kappa shape index (κ2) is 8.20. The first kappa shape index (κ1) is 13.1. The molecule has 1 N–H and O–H groups in total. The summed E-state index contributed by atoms with van der Waals surface area (Å²) in [5.41, 5.74) is 1.22. The van der Waals surface area contributed by atoms with Crippen molar-refractivity contribution in [1.29, 1.82) is 0 Å². The van der Waals surface area contributed by atoms with Crippen molar-refractivity contribution in [2.24, 2.45) is 0 Å². The molecule has 0 saturated heterocycles. The summed E-state index contributed by atoms with van der Waals surface area (Å²) >= 11 is 5.50. The molecule has 0 heterocycles. The maximum Gasteiger partial charge on any atom is 0.119 e. The quantitative estimate of drug-likeness (QED) is 0.449. The van der Waals surface area contributed by atoms with Gasteiger partial charge in [0.05, 0.1) is 0 Å². The van der Waals surface area contributed by atoms with Crippen molar-refractivity contribution in [1.82, 2.24) is 5.32 Å². The monoisotopic (exact) mass is 239 g/mol. The molecule has 2 nitrogen and oxygen atoms in total. The van der Waals surface area contributed by atoms with Gasteiger partial charge in [0.25, 0.3) is 0 Å². The van der Waals surface area contributed by atoms with Crippen LogP contribution in [-0.2, 0) is 0 Å². The highest BCUT2D eigenvalue weighted by Crippen LogP contribution is 2.11. The Morgan fingerprint density at radius 1 is 1.38 bits per heavy atom. The molecular weight excluding hydrogens is 222 g/mol. The fourth-order valence-electron chi connectivity index (χ4n) is 1.28. The molecule has 16 heavy (non-hydrogen) atoms. The lowest BCUT2D eigenvalue weighted by Gasteiger charge is -2.06. The van der Waals surface area contributed by atoms with E-state index in [4.69, 9.17) is 16.3 Å². The molecule has 1 aromatic rings. The third-order valence-corrected chi connectivity index (χ3v) is 2.23. The van der Waals surface area contributed by atoms with Gasteiger partial charge >= 0.3 is 0 Å². The van der Waals surface area contributed by atoms with E-state index in [1.165, 1.54) is 5.56 Å². The first-order chi connectivity index (χ1) is 7.83. The third kappa shape index (κ3) is 5.79. The van der Waals surface area contributed by atoms with E-state index in [1.807, 2.05) is 30.4 Å². The van der Waals surface area contributed by atoms with E-state index >= 15 is 0 Å². The molecule has 0 aromatic heterocycles. The average molecular weight is 240 g/mol. The lowest BCUT2D eigenvalue weighted by Crippen LogP contribution is -2.21. The van der Waals surface area contributed by atoms with Crippen LogP contribution >= 0.6 is 11.6 Å². The fraction of sp³-hybridized carbons (Fsp3) is 0.385. The minimum atomic E-state index is 0.571. The van der Waals surface area contributed by atoms with Crippen LogP contribution < -0.4 is 10.1 Å². The summed E-state index contributed by atoms with van der Waals surface area (Å²) in [6, 6.07) is 8.07. The maximum atomic E-state index is 5.58. The molecule has 1 rings (SSSR count). The van der Waals surface area contributed by atoms with Gasteiger partial charge in [-0.15, -0.1) is 11.6 Å². The second-order valence-electron chi connectivity index (χ2n) is 3.49. The van der Waals surface area contributed by atoms with Crippen LogP contribution in [0.4, 0.5) is 0 Å². The Bertz CT molecular complexity index is 325. The molecule has 0 saturated carbocycles. The van der Waals surface area contributed by atoms with E-state index in [0.29, 0.717) is 12.5 Å². The number of allylic oxidation sites excluding steroid dienone is 1. The summed E-state index contributed by atoms with van der Waals surface area (Å²) < 4.78 is 5.58. The van der Waals surface area contributed by atoms with Crippen LogP contribution in [-0.4, -0.2) is 25.6 Å². The Kier molecular flexibility index (Phi) is 6.70. The van der Waals surface area contributed by atoms with E-state index in [0.717, 1.165) is 18.8 Å². The number of alkyl halides is 1. The van der Waals surface area contributed by atoms with Crippen LogP contribution in [0.5, 0.6) is 5.75 Å². The number of nitrogens with one attached hydrogen (secondary N) is 1. The molecule has 0 fully saturated rings. The topological polar surface area (TPSA) is 21.3 Å². The van der Waals surface area contributed by atoms with Gasteiger partial charge in [-0.05, 0) is 24.6 Å². The van der Waals surface area contributed by atoms with Crippen molar-refractivity contribution >= 4 is 11.6 Å². The average Bonchev–Trinajstić information content (AvgIpc) is 2.28. The number of hydrogen-bond acceptors (Lipinski definition) is 2.